The number of Topliss-reactive ketones (excluding diaryl/α,β-unsaturated/α-hetero) is 1. The summed E-state index contributed by atoms with van der Waals surface area (Å²) in [7, 11) is 0. The van der Waals surface area contributed by atoms with E-state index >= 15 is 0 Å². The second-order valence-electron chi connectivity index (χ2n) is 3.48. The molecule has 0 spiro atoms. The summed E-state index contributed by atoms with van der Waals surface area (Å²) in [6.45, 7) is 3.44. The minimum absolute atomic E-state index is 0.0452. The molecule has 0 aromatic heterocycles. The smallest absolute Gasteiger partial charge is 0.135 e. The van der Waals surface area contributed by atoms with Crippen molar-refractivity contribution in [1.82, 2.24) is 0 Å². The van der Waals surface area contributed by atoms with E-state index in [1.54, 1.807) is 0 Å². The maximum absolute atomic E-state index is 11.2. The van der Waals surface area contributed by atoms with Crippen LogP contribution in [0.1, 0.15) is 31.9 Å². The van der Waals surface area contributed by atoms with Crippen LogP contribution in [0.25, 0.3) is 0 Å². The summed E-state index contributed by atoms with van der Waals surface area (Å²) in [5.74, 6) is -0.235. The summed E-state index contributed by atoms with van der Waals surface area (Å²) in [6, 6.07) is 9.31. The number of carbonyl (C=O) groups is 1. The molecule has 76 valence electrons. The predicted molar refractivity (Wildman–Crippen MR) is 55.9 cm³/mol. The van der Waals surface area contributed by atoms with Crippen molar-refractivity contribution in [3.05, 3.63) is 35.9 Å². The van der Waals surface area contributed by atoms with E-state index in [0.29, 0.717) is 6.42 Å². The highest BCUT2D eigenvalue weighted by molar-refractivity contribution is 5.79. The van der Waals surface area contributed by atoms with Gasteiger partial charge in [0.05, 0.1) is 6.10 Å². The van der Waals surface area contributed by atoms with Crippen LogP contribution in [-0.2, 0) is 4.79 Å². The lowest BCUT2D eigenvalue weighted by Crippen LogP contribution is -2.19. The highest BCUT2D eigenvalue weighted by atomic mass is 16.3. The Morgan fingerprint density at radius 3 is 2.36 bits per heavy atom. The summed E-state index contributed by atoms with van der Waals surface area (Å²) in [5, 5.41) is 9.93. The molecule has 1 aromatic rings. The Morgan fingerprint density at radius 1 is 1.36 bits per heavy atom. The van der Waals surface area contributed by atoms with Gasteiger partial charge >= 0.3 is 0 Å². The first-order chi connectivity index (χ1) is 6.66. The average molecular weight is 192 g/mol. The summed E-state index contributed by atoms with van der Waals surface area (Å²) in [4.78, 5) is 11.2. The Morgan fingerprint density at radius 2 is 1.93 bits per heavy atom. The first kappa shape index (κ1) is 10.9. The molecule has 0 saturated carbocycles. The zero-order chi connectivity index (χ0) is 10.6. The average Bonchev–Trinajstić information content (AvgIpc) is 2.19. The van der Waals surface area contributed by atoms with Crippen molar-refractivity contribution in [3.8, 4) is 0 Å². The van der Waals surface area contributed by atoms with Gasteiger partial charge in [0.15, 0.2) is 0 Å². The molecule has 0 fully saturated rings. The van der Waals surface area contributed by atoms with Crippen LogP contribution in [0.2, 0.25) is 0 Å². The van der Waals surface area contributed by atoms with E-state index in [9.17, 15) is 9.90 Å². The minimum atomic E-state index is -0.668. The maximum Gasteiger partial charge on any atom is 0.135 e. The number of rotatable bonds is 4. The Bertz CT molecular complexity index is 292. The largest absolute Gasteiger partial charge is 0.388 e. The van der Waals surface area contributed by atoms with Crippen molar-refractivity contribution in [1.29, 1.82) is 0 Å². The number of carbonyl (C=O) groups excluding carboxylic acids is 1. The molecule has 0 bridgehead atoms. The Balaban J connectivity index is 2.83. The van der Waals surface area contributed by atoms with Gasteiger partial charge < -0.3 is 5.11 Å². The van der Waals surface area contributed by atoms with Crippen LogP contribution in [0.15, 0.2) is 30.3 Å². The van der Waals surface area contributed by atoms with Crippen molar-refractivity contribution < 1.29 is 9.90 Å². The van der Waals surface area contributed by atoms with Gasteiger partial charge in [0.1, 0.15) is 5.78 Å². The van der Waals surface area contributed by atoms with E-state index in [1.165, 1.54) is 6.92 Å². The predicted octanol–water partition coefficient (Wildman–Crippen LogP) is 2.34. The van der Waals surface area contributed by atoms with E-state index in [1.807, 2.05) is 37.3 Å². The molecular formula is C12H16O2. The minimum Gasteiger partial charge on any atom is -0.388 e. The van der Waals surface area contributed by atoms with E-state index in [0.717, 1.165) is 5.56 Å². The third kappa shape index (κ3) is 2.42. The first-order valence-corrected chi connectivity index (χ1v) is 4.90. The summed E-state index contributed by atoms with van der Waals surface area (Å²) in [5.41, 5.74) is 0.814. The van der Waals surface area contributed by atoms with Crippen molar-refractivity contribution in [2.75, 3.05) is 0 Å². The number of hydrogen-bond donors (Lipinski definition) is 1. The lowest BCUT2D eigenvalue weighted by Gasteiger charge is -2.18. The highest BCUT2D eigenvalue weighted by Gasteiger charge is 2.22. The zero-order valence-electron chi connectivity index (χ0n) is 8.60. The van der Waals surface area contributed by atoms with E-state index in [2.05, 4.69) is 0 Å². The molecule has 0 heterocycles. The monoisotopic (exact) mass is 192 g/mol. The van der Waals surface area contributed by atoms with Crippen LogP contribution < -0.4 is 0 Å². The van der Waals surface area contributed by atoms with Gasteiger partial charge in [-0.1, -0.05) is 37.3 Å². The standard InChI is InChI=1S/C12H16O2/c1-3-11(9(2)13)12(14)10-7-5-4-6-8-10/h4-8,11-12,14H,3H2,1-2H3/t11-,12-/m1/s1. The van der Waals surface area contributed by atoms with Crippen molar-refractivity contribution in [2.45, 2.75) is 26.4 Å². The third-order valence-electron chi connectivity index (χ3n) is 2.48. The summed E-state index contributed by atoms with van der Waals surface area (Å²) in [6.07, 6.45) is 0.00415. The normalized spacial score (nSPS) is 14.8. The molecule has 0 amide bonds. The van der Waals surface area contributed by atoms with Crippen molar-refractivity contribution in [3.63, 3.8) is 0 Å². The van der Waals surface area contributed by atoms with Crippen molar-refractivity contribution in [2.24, 2.45) is 5.92 Å². The topological polar surface area (TPSA) is 37.3 Å². The molecule has 0 unspecified atom stereocenters. The first-order valence-electron chi connectivity index (χ1n) is 4.90. The Labute approximate surface area is 84.6 Å². The van der Waals surface area contributed by atoms with Crippen LogP contribution in [0.4, 0.5) is 0 Å². The summed E-state index contributed by atoms with van der Waals surface area (Å²) < 4.78 is 0. The van der Waals surface area contributed by atoms with Crippen LogP contribution in [0.3, 0.4) is 0 Å². The Kier molecular flexibility index (Phi) is 3.84. The zero-order valence-corrected chi connectivity index (χ0v) is 8.60. The second-order valence-corrected chi connectivity index (χ2v) is 3.48. The Hall–Kier alpha value is -1.15. The fraction of sp³-hybridized carbons (Fsp3) is 0.417. The molecule has 1 rings (SSSR count). The molecule has 0 aliphatic heterocycles. The lowest BCUT2D eigenvalue weighted by molar-refractivity contribution is -0.124. The van der Waals surface area contributed by atoms with E-state index < -0.39 is 6.10 Å². The van der Waals surface area contributed by atoms with Gasteiger partial charge in [-0.3, -0.25) is 4.79 Å². The lowest BCUT2D eigenvalue weighted by atomic mass is 9.90. The second kappa shape index (κ2) is 4.91. The molecule has 0 aliphatic carbocycles. The van der Waals surface area contributed by atoms with Crippen molar-refractivity contribution >= 4 is 5.78 Å². The number of ketones is 1. The maximum atomic E-state index is 11.2. The van der Waals surface area contributed by atoms with Gasteiger partial charge in [-0.25, -0.2) is 0 Å². The van der Waals surface area contributed by atoms with Gasteiger partial charge in [0, 0.05) is 5.92 Å². The molecule has 0 aliphatic rings. The SMILES string of the molecule is CC[C@H](C(C)=O)[C@H](O)c1ccccc1. The van der Waals surface area contributed by atoms with Gasteiger partial charge in [0.25, 0.3) is 0 Å². The molecule has 0 saturated heterocycles. The number of aliphatic hydroxyl groups excluding tert-OH is 1. The van der Waals surface area contributed by atoms with Crippen LogP contribution >= 0.6 is 0 Å². The number of benzene rings is 1. The molecular weight excluding hydrogens is 176 g/mol. The van der Waals surface area contributed by atoms with Crippen LogP contribution in [0.5, 0.6) is 0 Å². The fourth-order valence-electron chi connectivity index (χ4n) is 1.62. The fourth-order valence-corrected chi connectivity index (χ4v) is 1.62. The molecule has 0 radical (unpaired) electrons. The van der Waals surface area contributed by atoms with Gasteiger partial charge in [-0.2, -0.15) is 0 Å². The number of aliphatic hydroxyl groups is 1. The highest BCUT2D eigenvalue weighted by Crippen LogP contribution is 2.24. The van der Waals surface area contributed by atoms with E-state index in [4.69, 9.17) is 0 Å². The van der Waals surface area contributed by atoms with Gasteiger partial charge in [0.2, 0.25) is 0 Å². The quantitative estimate of drug-likeness (QED) is 0.795. The third-order valence-corrected chi connectivity index (χ3v) is 2.48. The van der Waals surface area contributed by atoms with Crippen LogP contribution in [-0.4, -0.2) is 10.9 Å². The number of hydrogen-bond acceptors (Lipinski definition) is 2. The molecule has 1 aromatic carbocycles. The molecule has 2 heteroatoms. The van der Waals surface area contributed by atoms with E-state index in [-0.39, 0.29) is 11.7 Å². The van der Waals surface area contributed by atoms with Gasteiger partial charge in [-0.15, -0.1) is 0 Å². The molecule has 1 N–H and O–H groups in total. The molecule has 2 atom stereocenters. The van der Waals surface area contributed by atoms with Crippen LogP contribution in [0, 0.1) is 5.92 Å². The summed E-state index contributed by atoms with van der Waals surface area (Å²) >= 11 is 0. The molecule has 2 nitrogen and oxygen atoms in total. The molecule has 14 heavy (non-hydrogen) atoms. The van der Waals surface area contributed by atoms with Gasteiger partial charge in [-0.05, 0) is 18.9 Å².